The highest BCUT2D eigenvalue weighted by atomic mass is 32.2. The molecule has 140 valence electrons. The van der Waals surface area contributed by atoms with Gasteiger partial charge in [0.1, 0.15) is 11.3 Å². The lowest BCUT2D eigenvalue weighted by atomic mass is 10.0. The summed E-state index contributed by atoms with van der Waals surface area (Å²) < 4.78 is 28.1. The summed E-state index contributed by atoms with van der Waals surface area (Å²) in [6.45, 7) is 7.53. The molecule has 25 heavy (non-hydrogen) atoms. The molecule has 9 heteroatoms. The summed E-state index contributed by atoms with van der Waals surface area (Å²) in [7, 11) is -3.68. The van der Waals surface area contributed by atoms with Gasteiger partial charge in [0.2, 0.25) is 15.9 Å². The molecule has 1 aromatic heterocycles. The van der Waals surface area contributed by atoms with Crippen molar-refractivity contribution in [1.82, 2.24) is 25.9 Å². The van der Waals surface area contributed by atoms with Crippen LogP contribution in [-0.4, -0.2) is 42.7 Å². The van der Waals surface area contributed by atoms with Crippen LogP contribution in [0, 0.1) is 5.92 Å². The fraction of sp³-hybridized carbons (Fsp3) is 0.625. The van der Waals surface area contributed by atoms with Gasteiger partial charge in [-0.1, -0.05) is 19.9 Å². The van der Waals surface area contributed by atoms with Crippen molar-refractivity contribution < 1.29 is 13.2 Å². The van der Waals surface area contributed by atoms with Gasteiger partial charge in [0.15, 0.2) is 0 Å². The van der Waals surface area contributed by atoms with Crippen molar-refractivity contribution >= 4 is 15.9 Å². The molecule has 1 aromatic rings. The largest absolute Gasteiger partial charge is 0.351 e. The normalized spacial score (nSPS) is 25.1. The average molecular weight is 369 g/mol. The standard InChI is InChI=1S/C16H27N5O3S/c1-10(2)14(16(22)18-9-13-6-5-7-17-8-13)21-25(23,24)15-11(3)19-20-12(15)4/h5-8,10-12,14-15,19-21H,9H2,1-4H3,(H,18,22)/t11?,12?,14-,15?/m1/s1. The summed E-state index contributed by atoms with van der Waals surface area (Å²) in [5.41, 5.74) is 6.71. The summed E-state index contributed by atoms with van der Waals surface area (Å²) in [5, 5.41) is 2.13. The lowest BCUT2D eigenvalue weighted by Gasteiger charge is -2.26. The SMILES string of the molecule is CC1NNC(C)C1S(=O)(=O)N[C@@H](C(=O)NCc1cccnc1)C(C)C. The number of rotatable bonds is 7. The molecule has 4 N–H and O–H groups in total. The minimum Gasteiger partial charge on any atom is -0.351 e. The van der Waals surface area contributed by atoms with Crippen LogP contribution in [0.2, 0.25) is 0 Å². The van der Waals surface area contributed by atoms with Crippen molar-refractivity contribution in [2.75, 3.05) is 0 Å². The van der Waals surface area contributed by atoms with E-state index in [0.29, 0.717) is 6.54 Å². The van der Waals surface area contributed by atoms with Crippen LogP contribution < -0.4 is 20.9 Å². The Labute approximate surface area is 149 Å². The Morgan fingerprint density at radius 3 is 2.44 bits per heavy atom. The van der Waals surface area contributed by atoms with E-state index in [1.54, 1.807) is 32.3 Å². The van der Waals surface area contributed by atoms with Crippen LogP contribution in [0.4, 0.5) is 0 Å². The second-order valence-electron chi connectivity index (χ2n) is 6.79. The van der Waals surface area contributed by atoms with Crippen LogP contribution in [0.5, 0.6) is 0 Å². The first-order chi connectivity index (χ1) is 11.7. The molecular formula is C16H27N5O3S. The number of nitrogens with zero attached hydrogens (tertiary/aromatic N) is 1. The summed E-state index contributed by atoms with van der Waals surface area (Å²) in [4.78, 5) is 16.5. The highest BCUT2D eigenvalue weighted by molar-refractivity contribution is 7.90. The van der Waals surface area contributed by atoms with Gasteiger partial charge in [0.05, 0.1) is 0 Å². The maximum Gasteiger partial charge on any atom is 0.238 e. The van der Waals surface area contributed by atoms with E-state index in [0.717, 1.165) is 5.56 Å². The molecule has 2 unspecified atom stereocenters. The van der Waals surface area contributed by atoms with Crippen LogP contribution in [-0.2, 0) is 21.4 Å². The highest BCUT2D eigenvalue weighted by Gasteiger charge is 2.42. The number of hydrogen-bond acceptors (Lipinski definition) is 6. The predicted molar refractivity (Wildman–Crippen MR) is 95.7 cm³/mol. The Morgan fingerprint density at radius 1 is 1.28 bits per heavy atom. The first-order valence-electron chi connectivity index (χ1n) is 8.41. The van der Waals surface area contributed by atoms with E-state index in [1.165, 1.54) is 0 Å². The summed E-state index contributed by atoms with van der Waals surface area (Å²) in [6, 6.07) is 2.30. The topological polar surface area (TPSA) is 112 Å². The van der Waals surface area contributed by atoms with Crippen molar-refractivity contribution in [2.24, 2.45) is 5.92 Å². The molecule has 2 heterocycles. The van der Waals surface area contributed by atoms with E-state index in [9.17, 15) is 13.2 Å². The van der Waals surface area contributed by atoms with Crippen LogP contribution >= 0.6 is 0 Å². The zero-order valence-electron chi connectivity index (χ0n) is 15.0. The number of sulfonamides is 1. The maximum atomic E-state index is 12.8. The van der Waals surface area contributed by atoms with E-state index in [1.807, 2.05) is 19.9 Å². The Kier molecular flexibility index (Phi) is 6.50. The second kappa shape index (κ2) is 8.22. The molecule has 3 atom stereocenters. The van der Waals surface area contributed by atoms with Gasteiger partial charge >= 0.3 is 0 Å². The van der Waals surface area contributed by atoms with Crippen LogP contribution in [0.25, 0.3) is 0 Å². The molecule has 1 aliphatic heterocycles. The quantitative estimate of drug-likeness (QED) is 0.534. The van der Waals surface area contributed by atoms with Gasteiger partial charge in [-0.05, 0) is 31.4 Å². The fourth-order valence-corrected chi connectivity index (χ4v) is 5.05. The van der Waals surface area contributed by atoms with E-state index in [2.05, 4.69) is 25.9 Å². The third-order valence-corrected chi connectivity index (χ3v) is 6.43. The molecule has 0 aliphatic carbocycles. The van der Waals surface area contributed by atoms with Gasteiger partial charge in [0.25, 0.3) is 0 Å². The Balaban J connectivity index is 2.05. The number of hydrazine groups is 1. The molecule has 8 nitrogen and oxygen atoms in total. The van der Waals surface area contributed by atoms with E-state index in [-0.39, 0.29) is 23.9 Å². The molecule has 1 amide bonds. The van der Waals surface area contributed by atoms with E-state index >= 15 is 0 Å². The Hall–Kier alpha value is -1.55. The van der Waals surface area contributed by atoms with Crippen molar-refractivity contribution in [2.45, 2.75) is 57.6 Å². The van der Waals surface area contributed by atoms with Crippen molar-refractivity contribution in [1.29, 1.82) is 0 Å². The van der Waals surface area contributed by atoms with Crippen molar-refractivity contribution in [3.05, 3.63) is 30.1 Å². The third kappa shape index (κ3) is 4.97. The van der Waals surface area contributed by atoms with Gasteiger partial charge in [-0.3, -0.25) is 20.6 Å². The van der Waals surface area contributed by atoms with Gasteiger partial charge < -0.3 is 5.32 Å². The summed E-state index contributed by atoms with van der Waals surface area (Å²) in [5.74, 6) is -0.529. The highest BCUT2D eigenvalue weighted by Crippen LogP contribution is 2.16. The van der Waals surface area contributed by atoms with Gasteiger partial charge in [-0.15, -0.1) is 0 Å². The first kappa shape index (κ1) is 19.8. The van der Waals surface area contributed by atoms with Crippen LogP contribution in [0.3, 0.4) is 0 Å². The molecule has 0 radical (unpaired) electrons. The third-order valence-electron chi connectivity index (χ3n) is 4.31. The molecule has 0 saturated carbocycles. The minimum atomic E-state index is -3.68. The summed E-state index contributed by atoms with van der Waals surface area (Å²) in [6.07, 6.45) is 3.32. The molecule has 1 aliphatic rings. The number of hydrogen-bond donors (Lipinski definition) is 4. The average Bonchev–Trinajstić information content (AvgIpc) is 2.90. The van der Waals surface area contributed by atoms with E-state index < -0.39 is 21.3 Å². The van der Waals surface area contributed by atoms with Crippen LogP contribution in [0.15, 0.2) is 24.5 Å². The molecule has 0 aromatic carbocycles. The lowest BCUT2D eigenvalue weighted by molar-refractivity contribution is -0.123. The van der Waals surface area contributed by atoms with Gasteiger partial charge in [-0.2, -0.15) is 0 Å². The lowest BCUT2D eigenvalue weighted by Crippen LogP contribution is -2.54. The molecule has 1 fully saturated rings. The number of carbonyl (C=O) groups is 1. The molecule has 0 bridgehead atoms. The molecule has 2 rings (SSSR count). The monoisotopic (exact) mass is 369 g/mol. The zero-order chi connectivity index (χ0) is 18.6. The first-order valence-corrected chi connectivity index (χ1v) is 9.96. The van der Waals surface area contributed by atoms with Crippen molar-refractivity contribution in [3.8, 4) is 0 Å². The maximum absolute atomic E-state index is 12.8. The number of aromatic nitrogens is 1. The molecule has 1 saturated heterocycles. The van der Waals surface area contributed by atoms with E-state index in [4.69, 9.17) is 0 Å². The van der Waals surface area contributed by atoms with Crippen LogP contribution in [0.1, 0.15) is 33.3 Å². The Bertz CT molecular complexity index is 670. The fourth-order valence-electron chi connectivity index (χ4n) is 2.95. The number of amides is 1. The van der Waals surface area contributed by atoms with Gasteiger partial charge in [0, 0.05) is 31.0 Å². The Morgan fingerprint density at radius 2 is 1.92 bits per heavy atom. The number of carbonyl (C=O) groups excluding carboxylic acids is 1. The minimum absolute atomic E-state index is 0.184. The zero-order valence-corrected chi connectivity index (χ0v) is 15.8. The smallest absolute Gasteiger partial charge is 0.238 e. The van der Waals surface area contributed by atoms with Crippen molar-refractivity contribution in [3.63, 3.8) is 0 Å². The number of nitrogens with one attached hydrogen (secondary N) is 4. The van der Waals surface area contributed by atoms with Gasteiger partial charge in [-0.25, -0.2) is 13.1 Å². The molecular weight excluding hydrogens is 342 g/mol. The molecule has 0 spiro atoms. The second-order valence-corrected chi connectivity index (χ2v) is 8.66. The number of pyridine rings is 1. The predicted octanol–water partition coefficient (Wildman–Crippen LogP) is -0.105. The summed E-state index contributed by atoms with van der Waals surface area (Å²) >= 11 is 0.